The molecule has 156 valence electrons. The standard InChI is InChI=1S/C22H23ClN4O3/c1-13-10-14(4-6-16(13)22(30)27-8-2-3-9-27)21(29)26-19(12-28)20-24-17-7-5-15(23)11-18(17)25-20/h4-7,10-11,19,28H,2-3,8-9,12H2,1H3,(H,24,25)(H,26,29)/t19-/m0/s1. The Bertz CT molecular complexity index is 1100. The highest BCUT2D eigenvalue weighted by atomic mass is 35.5. The molecule has 1 aliphatic heterocycles. The summed E-state index contributed by atoms with van der Waals surface area (Å²) in [6.45, 7) is 3.07. The third-order valence-corrected chi connectivity index (χ3v) is 5.63. The van der Waals surface area contributed by atoms with Crippen LogP contribution in [-0.4, -0.2) is 51.5 Å². The lowest BCUT2D eigenvalue weighted by Crippen LogP contribution is -2.32. The van der Waals surface area contributed by atoms with Gasteiger partial charge in [-0.1, -0.05) is 11.6 Å². The molecule has 2 amide bonds. The fraction of sp³-hybridized carbons (Fsp3) is 0.318. The molecule has 0 unspecified atom stereocenters. The highest BCUT2D eigenvalue weighted by molar-refractivity contribution is 6.31. The predicted octanol–water partition coefficient (Wildman–Crippen LogP) is 3.22. The first kappa shape index (κ1) is 20.4. The Hall–Kier alpha value is -2.90. The summed E-state index contributed by atoms with van der Waals surface area (Å²) in [5, 5.41) is 13.2. The van der Waals surface area contributed by atoms with E-state index >= 15 is 0 Å². The number of benzene rings is 2. The second kappa shape index (κ2) is 8.45. The Balaban J connectivity index is 1.51. The van der Waals surface area contributed by atoms with Crippen LogP contribution in [0.15, 0.2) is 36.4 Å². The highest BCUT2D eigenvalue weighted by Crippen LogP contribution is 2.21. The Morgan fingerprint density at radius 1 is 1.23 bits per heavy atom. The maximum absolute atomic E-state index is 12.8. The number of aromatic nitrogens is 2. The average molecular weight is 427 g/mol. The zero-order chi connectivity index (χ0) is 21.3. The van der Waals surface area contributed by atoms with Gasteiger partial charge in [0.15, 0.2) is 0 Å². The molecule has 0 bridgehead atoms. The summed E-state index contributed by atoms with van der Waals surface area (Å²) < 4.78 is 0. The second-order valence-electron chi connectivity index (χ2n) is 7.52. The summed E-state index contributed by atoms with van der Waals surface area (Å²) in [5.74, 6) is 0.0996. The van der Waals surface area contributed by atoms with Gasteiger partial charge < -0.3 is 20.3 Å². The number of aliphatic hydroxyl groups excluding tert-OH is 1. The number of hydrogen-bond donors (Lipinski definition) is 3. The molecule has 1 saturated heterocycles. The SMILES string of the molecule is Cc1cc(C(=O)N[C@@H](CO)c2nc3cc(Cl)ccc3[nH]2)ccc1C(=O)N1CCCC1. The van der Waals surface area contributed by atoms with E-state index in [-0.39, 0.29) is 18.4 Å². The normalized spacial score (nSPS) is 14.8. The summed E-state index contributed by atoms with van der Waals surface area (Å²) in [7, 11) is 0. The number of aromatic amines is 1. The summed E-state index contributed by atoms with van der Waals surface area (Å²) in [4.78, 5) is 34.8. The molecule has 3 aromatic rings. The molecule has 0 radical (unpaired) electrons. The van der Waals surface area contributed by atoms with Crippen molar-refractivity contribution in [2.24, 2.45) is 0 Å². The number of imidazole rings is 1. The number of carbonyl (C=O) groups is 2. The van der Waals surface area contributed by atoms with Crippen LogP contribution in [0.4, 0.5) is 0 Å². The Morgan fingerprint density at radius 2 is 2.00 bits per heavy atom. The van der Waals surface area contributed by atoms with Gasteiger partial charge in [-0.05, 0) is 61.7 Å². The molecule has 1 aromatic heterocycles. The maximum atomic E-state index is 12.8. The lowest BCUT2D eigenvalue weighted by atomic mass is 10.0. The number of aliphatic hydroxyl groups is 1. The fourth-order valence-corrected chi connectivity index (χ4v) is 3.91. The number of nitrogens with zero attached hydrogens (tertiary/aromatic N) is 2. The van der Waals surface area contributed by atoms with Crippen molar-refractivity contribution in [3.05, 3.63) is 63.9 Å². The lowest BCUT2D eigenvalue weighted by molar-refractivity contribution is 0.0791. The van der Waals surface area contributed by atoms with Crippen molar-refractivity contribution in [1.29, 1.82) is 0 Å². The number of amides is 2. The van der Waals surface area contributed by atoms with E-state index in [0.717, 1.165) is 37.0 Å². The number of hydrogen-bond acceptors (Lipinski definition) is 4. The molecule has 2 heterocycles. The van der Waals surface area contributed by atoms with Gasteiger partial charge in [-0.25, -0.2) is 4.98 Å². The van der Waals surface area contributed by atoms with Crippen LogP contribution < -0.4 is 5.32 Å². The van der Waals surface area contributed by atoms with Gasteiger partial charge in [0, 0.05) is 29.2 Å². The van der Waals surface area contributed by atoms with E-state index in [1.54, 1.807) is 36.4 Å². The molecule has 8 heteroatoms. The largest absolute Gasteiger partial charge is 0.394 e. The highest BCUT2D eigenvalue weighted by Gasteiger charge is 2.23. The van der Waals surface area contributed by atoms with Gasteiger partial charge in [0.2, 0.25) is 0 Å². The number of halogens is 1. The van der Waals surface area contributed by atoms with Crippen molar-refractivity contribution in [2.45, 2.75) is 25.8 Å². The van der Waals surface area contributed by atoms with Crippen LogP contribution in [0.1, 0.15) is 51.0 Å². The van der Waals surface area contributed by atoms with Gasteiger partial charge in [-0.15, -0.1) is 0 Å². The Labute approximate surface area is 179 Å². The molecule has 2 aromatic carbocycles. The number of fused-ring (bicyclic) bond motifs is 1. The summed E-state index contributed by atoms with van der Waals surface area (Å²) in [6.07, 6.45) is 2.06. The molecule has 0 aliphatic carbocycles. The van der Waals surface area contributed by atoms with E-state index < -0.39 is 6.04 Å². The predicted molar refractivity (Wildman–Crippen MR) is 115 cm³/mol. The summed E-state index contributed by atoms with van der Waals surface area (Å²) in [5.41, 5.74) is 3.21. The van der Waals surface area contributed by atoms with Crippen LogP contribution in [0, 0.1) is 6.92 Å². The topological polar surface area (TPSA) is 98.3 Å². The minimum atomic E-state index is -0.699. The molecule has 7 nitrogen and oxygen atoms in total. The number of likely N-dealkylation sites (tertiary alicyclic amines) is 1. The molecule has 1 aliphatic rings. The van der Waals surface area contributed by atoms with Crippen LogP contribution >= 0.6 is 11.6 Å². The molecule has 0 spiro atoms. The molecule has 1 fully saturated rings. The first-order valence-corrected chi connectivity index (χ1v) is 10.3. The van der Waals surface area contributed by atoms with Crippen molar-refractivity contribution in [2.75, 3.05) is 19.7 Å². The van der Waals surface area contributed by atoms with E-state index in [2.05, 4.69) is 15.3 Å². The van der Waals surface area contributed by atoms with E-state index in [9.17, 15) is 14.7 Å². The van der Waals surface area contributed by atoms with Crippen molar-refractivity contribution < 1.29 is 14.7 Å². The van der Waals surface area contributed by atoms with E-state index in [4.69, 9.17) is 11.6 Å². The number of nitrogens with one attached hydrogen (secondary N) is 2. The van der Waals surface area contributed by atoms with E-state index in [1.807, 2.05) is 11.8 Å². The second-order valence-corrected chi connectivity index (χ2v) is 7.96. The van der Waals surface area contributed by atoms with Crippen molar-refractivity contribution in [1.82, 2.24) is 20.2 Å². The van der Waals surface area contributed by atoms with Gasteiger partial charge in [-0.2, -0.15) is 0 Å². The van der Waals surface area contributed by atoms with Gasteiger partial charge in [0.05, 0.1) is 17.6 Å². The molecule has 30 heavy (non-hydrogen) atoms. The Morgan fingerprint density at radius 3 is 2.70 bits per heavy atom. The molecule has 1 atom stereocenters. The van der Waals surface area contributed by atoms with Crippen LogP contribution in [-0.2, 0) is 0 Å². The smallest absolute Gasteiger partial charge is 0.254 e. The number of aryl methyl sites for hydroxylation is 1. The van der Waals surface area contributed by atoms with Gasteiger partial charge in [0.25, 0.3) is 11.8 Å². The zero-order valence-electron chi connectivity index (χ0n) is 16.6. The van der Waals surface area contributed by atoms with Gasteiger partial charge >= 0.3 is 0 Å². The van der Waals surface area contributed by atoms with Gasteiger partial charge in [-0.3, -0.25) is 9.59 Å². The fourth-order valence-electron chi connectivity index (χ4n) is 3.74. The maximum Gasteiger partial charge on any atom is 0.254 e. The lowest BCUT2D eigenvalue weighted by Gasteiger charge is -2.18. The number of H-pyrrole nitrogens is 1. The van der Waals surface area contributed by atoms with E-state index in [0.29, 0.717) is 27.5 Å². The molecular weight excluding hydrogens is 404 g/mol. The van der Waals surface area contributed by atoms with Gasteiger partial charge in [0.1, 0.15) is 11.9 Å². The van der Waals surface area contributed by atoms with Crippen molar-refractivity contribution in [3.63, 3.8) is 0 Å². The minimum absolute atomic E-state index is 0.00568. The van der Waals surface area contributed by atoms with Crippen molar-refractivity contribution in [3.8, 4) is 0 Å². The monoisotopic (exact) mass is 426 g/mol. The average Bonchev–Trinajstić information content (AvgIpc) is 3.40. The van der Waals surface area contributed by atoms with Crippen LogP contribution in [0.2, 0.25) is 5.02 Å². The first-order chi connectivity index (χ1) is 14.5. The quantitative estimate of drug-likeness (QED) is 0.583. The van der Waals surface area contributed by atoms with Crippen LogP contribution in [0.25, 0.3) is 11.0 Å². The molecule has 0 saturated carbocycles. The molecule has 3 N–H and O–H groups in total. The third kappa shape index (κ3) is 4.04. The van der Waals surface area contributed by atoms with Crippen molar-refractivity contribution >= 4 is 34.4 Å². The first-order valence-electron chi connectivity index (χ1n) is 9.93. The van der Waals surface area contributed by atoms with Crippen LogP contribution in [0.5, 0.6) is 0 Å². The van der Waals surface area contributed by atoms with Crippen LogP contribution in [0.3, 0.4) is 0 Å². The summed E-state index contributed by atoms with van der Waals surface area (Å²) >= 11 is 6.00. The molecule has 4 rings (SSSR count). The zero-order valence-corrected chi connectivity index (χ0v) is 17.4. The summed E-state index contributed by atoms with van der Waals surface area (Å²) in [6, 6.07) is 9.59. The number of carbonyl (C=O) groups excluding carboxylic acids is 2. The number of rotatable bonds is 5. The third-order valence-electron chi connectivity index (χ3n) is 5.39. The molecular formula is C22H23ClN4O3. The Kier molecular flexibility index (Phi) is 5.74. The minimum Gasteiger partial charge on any atom is -0.394 e. The van der Waals surface area contributed by atoms with E-state index in [1.165, 1.54) is 0 Å².